The number of rotatable bonds is 7. The Bertz CT molecular complexity index is 557. The number of likely N-dealkylation sites (tertiary alicyclic amines) is 1. The van der Waals surface area contributed by atoms with Crippen LogP contribution >= 0.6 is 0 Å². The number of halogens is 1. The summed E-state index contributed by atoms with van der Waals surface area (Å²) in [6.07, 6.45) is 2.00. The van der Waals surface area contributed by atoms with E-state index in [2.05, 4.69) is 15.5 Å². The molecule has 0 saturated carbocycles. The molecule has 2 rings (SSSR count). The summed E-state index contributed by atoms with van der Waals surface area (Å²) in [4.78, 5) is 26.0. The van der Waals surface area contributed by atoms with Crippen LogP contribution in [-0.2, 0) is 20.9 Å². The van der Waals surface area contributed by atoms with Gasteiger partial charge in [0.25, 0.3) is 0 Å². The van der Waals surface area contributed by atoms with E-state index in [0.717, 1.165) is 44.6 Å². The van der Waals surface area contributed by atoms with Crippen molar-refractivity contribution >= 4 is 11.8 Å². The van der Waals surface area contributed by atoms with Gasteiger partial charge in [-0.1, -0.05) is 12.1 Å². The normalized spacial score (nSPS) is 15.8. The smallest absolute Gasteiger partial charge is 0.309 e. The molecular formula is C18H26FN3O3. The minimum Gasteiger partial charge on any atom is -0.383 e. The standard InChI is InChI=1S/C18H26FN3O3/c1-25-11-10-22-8-6-15(7-9-22)13-21-18(24)17(23)20-12-14-2-4-16(19)5-3-14/h2-5,15H,6-13H2,1H3,(H,20,23)(H,21,24). The Hall–Kier alpha value is -1.99. The number of piperidine rings is 1. The molecule has 1 heterocycles. The molecule has 0 aliphatic carbocycles. The van der Waals surface area contributed by atoms with Crippen LogP contribution in [0, 0.1) is 11.7 Å². The number of nitrogens with zero attached hydrogens (tertiary/aromatic N) is 1. The highest BCUT2D eigenvalue weighted by atomic mass is 19.1. The van der Waals surface area contributed by atoms with E-state index in [1.807, 2.05) is 0 Å². The van der Waals surface area contributed by atoms with Crippen LogP contribution in [0.3, 0.4) is 0 Å². The molecule has 0 aromatic heterocycles. The molecule has 1 aliphatic rings. The van der Waals surface area contributed by atoms with Gasteiger partial charge >= 0.3 is 11.8 Å². The third-order valence-electron chi connectivity index (χ3n) is 4.44. The van der Waals surface area contributed by atoms with E-state index < -0.39 is 11.8 Å². The average Bonchev–Trinajstić information content (AvgIpc) is 2.64. The number of ether oxygens (including phenoxy) is 1. The van der Waals surface area contributed by atoms with Crippen molar-refractivity contribution in [3.8, 4) is 0 Å². The lowest BCUT2D eigenvalue weighted by molar-refractivity contribution is -0.139. The van der Waals surface area contributed by atoms with Crippen LogP contribution in [0.2, 0.25) is 0 Å². The van der Waals surface area contributed by atoms with Gasteiger partial charge in [0.1, 0.15) is 5.82 Å². The monoisotopic (exact) mass is 351 g/mol. The van der Waals surface area contributed by atoms with Gasteiger partial charge in [0.15, 0.2) is 0 Å². The van der Waals surface area contributed by atoms with Crippen molar-refractivity contribution in [2.45, 2.75) is 19.4 Å². The summed E-state index contributed by atoms with van der Waals surface area (Å²) in [5.41, 5.74) is 0.742. The molecule has 0 unspecified atom stereocenters. The lowest BCUT2D eigenvalue weighted by atomic mass is 9.97. The van der Waals surface area contributed by atoms with E-state index in [9.17, 15) is 14.0 Å². The van der Waals surface area contributed by atoms with Gasteiger partial charge in [-0.2, -0.15) is 0 Å². The first-order valence-electron chi connectivity index (χ1n) is 8.60. The Morgan fingerprint density at radius 2 is 1.80 bits per heavy atom. The molecule has 1 saturated heterocycles. The van der Waals surface area contributed by atoms with E-state index in [4.69, 9.17) is 4.74 Å². The zero-order valence-corrected chi connectivity index (χ0v) is 14.6. The van der Waals surface area contributed by atoms with E-state index in [0.29, 0.717) is 12.5 Å². The molecule has 7 heteroatoms. The largest absolute Gasteiger partial charge is 0.383 e. The van der Waals surface area contributed by atoms with Crippen molar-refractivity contribution in [3.05, 3.63) is 35.6 Å². The van der Waals surface area contributed by atoms with Crippen LogP contribution in [0.4, 0.5) is 4.39 Å². The van der Waals surface area contributed by atoms with Gasteiger partial charge in [-0.15, -0.1) is 0 Å². The Morgan fingerprint density at radius 3 is 2.44 bits per heavy atom. The zero-order chi connectivity index (χ0) is 18.1. The number of hydrogen-bond donors (Lipinski definition) is 2. The number of nitrogens with one attached hydrogen (secondary N) is 2. The molecule has 0 spiro atoms. The number of methoxy groups -OCH3 is 1. The predicted molar refractivity (Wildman–Crippen MR) is 92.3 cm³/mol. The van der Waals surface area contributed by atoms with E-state index in [-0.39, 0.29) is 12.4 Å². The van der Waals surface area contributed by atoms with Crippen molar-refractivity contribution < 1.29 is 18.7 Å². The second-order valence-corrected chi connectivity index (χ2v) is 6.30. The molecule has 1 aromatic rings. The Balaban J connectivity index is 1.63. The molecule has 1 aromatic carbocycles. The molecule has 2 amide bonds. The number of hydrogen-bond acceptors (Lipinski definition) is 4. The number of carbonyl (C=O) groups is 2. The fourth-order valence-electron chi connectivity index (χ4n) is 2.82. The molecule has 0 bridgehead atoms. The van der Waals surface area contributed by atoms with Crippen LogP contribution in [0.15, 0.2) is 24.3 Å². The molecule has 138 valence electrons. The van der Waals surface area contributed by atoms with Crippen molar-refractivity contribution in [2.24, 2.45) is 5.92 Å². The minimum atomic E-state index is -0.665. The predicted octanol–water partition coefficient (Wildman–Crippen LogP) is 0.916. The average molecular weight is 351 g/mol. The molecule has 1 fully saturated rings. The fourth-order valence-corrected chi connectivity index (χ4v) is 2.82. The van der Waals surface area contributed by atoms with Gasteiger partial charge in [0.05, 0.1) is 6.61 Å². The lowest BCUT2D eigenvalue weighted by Crippen LogP contribution is -2.44. The van der Waals surface area contributed by atoms with Crippen LogP contribution < -0.4 is 10.6 Å². The van der Waals surface area contributed by atoms with Gasteiger partial charge in [0, 0.05) is 26.7 Å². The highest BCUT2D eigenvalue weighted by Crippen LogP contribution is 2.15. The highest BCUT2D eigenvalue weighted by Gasteiger charge is 2.21. The van der Waals surface area contributed by atoms with Gasteiger partial charge in [-0.05, 0) is 49.5 Å². The third-order valence-corrected chi connectivity index (χ3v) is 4.44. The Kier molecular flexibility index (Phi) is 7.81. The molecular weight excluding hydrogens is 325 g/mol. The first kappa shape index (κ1) is 19.3. The van der Waals surface area contributed by atoms with Gasteiger partial charge in [-0.3, -0.25) is 9.59 Å². The molecule has 2 N–H and O–H groups in total. The molecule has 1 aliphatic heterocycles. The summed E-state index contributed by atoms with van der Waals surface area (Å²) >= 11 is 0. The van der Waals surface area contributed by atoms with E-state index in [1.165, 1.54) is 12.1 Å². The lowest BCUT2D eigenvalue weighted by Gasteiger charge is -2.31. The van der Waals surface area contributed by atoms with Crippen molar-refractivity contribution in [1.29, 1.82) is 0 Å². The molecule has 25 heavy (non-hydrogen) atoms. The fraction of sp³-hybridized carbons (Fsp3) is 0.556. The molecule has 0 radical (unpaired) electrons. The van der Waals surface area contributed by atoms with Crippen LogP contribution in [0.5, 0.6) is 0 Å². The van der Waals surface area contributed by atoms with Gasteiger partial charge < -0.3 is 20.3 Å². The maximum atomic E-state index is 12.8. The first-order valence-corrected chi connectivity index (χ1v) is 8.60. The minimum absolute atomic E-state index is 0.199. The van der Waals surface area contributed by atoms with Crippen molar-refractivity contribution in [2.75, 3.05) is 39.9 Å². The second kappa shape index (κ2) is 10.1. The van der Waals surface area contributed by atoms with Crippen LogP contribution in [0.25, 0.3) is 0 Å². The maximum Gasteiger partial charge on any atom is 0.309 e. The van der Waals surface area contributed by atoms with Crippen molar-refractivity contribution in [3.63, 3.8) is 0 Å². The van der Waals surface area contributed by atoms with Crippen LogP contribution in [-0.4, -0.2) is 56.6 Å². The Labute approximate surface area is 147 Å². The quantitative estimate of drug-likeness (QED) is 0.717. The second-order valence-electron chi connectivity index (χ2n) is 6.30. The number of benzene rings is 1. The summed E-state index contributed by atoms with van der Waals surface area (Å²) < 4.78 is 17.9. The number of amides is 2. The van der Waals surface area contributed by atoms with Crippen molar-refractivity contribution in [1.82, 2.24) is 15.5 Å². The summed E-state index contributed by atoms with van der Waals surface area (Å²) in [5.74, 6) is -1.22. The summed E-state index contributed by atoms with van der Waals surface area (Å²) in [6.45, 7) is 4.35. The summed E-state index contributed by atoms with van der Waals surface area (Å²) in [6, 6.07) is 5.79. The SMILES string of the molecule is COCCN1CCC(CNC(=O)C(=O)NCc2ccc(F)cc2)CC1. The zero-order valence-electron chi connectivity index (χ0n) is 14.6. The molecule has 0 atom stereocenters. The van der Waals surface area contributed by atoms with E-state index >= 15 is 0 Å². The summed E-state index contributed by atoms with van der Waals surface area (Å²) in [7, 11) is 1.70. The molecule has 6 nitrogen and oxygen atoms in total. The first-order chi connectivity index (χ1) is 12.1. The van der Waals surface area contributed by atoms with Crippen LogP contribution in [0.1, 0.15) is 18.4 Å². The van der Waals surface area contributed by atoms with Gasteiger partial charge in [0.2, 0.25) is 0 Å². The van der Waals surface area contributed by atoms with E-state index in [1.54, 1.807) is 19.2 Å². The highest BCUT2D eigenvalue weighted by molar-refractivity contribution is 6.35. The number of carbonyl (C=O) groups excluding carboxylic acids is 2. The maximum absolute atomic E-state index is 12.8. The van der Waals surface area contributed by atoms with Gasteiger partial charge in [-0.25, -0.2) is 4.39 Å². The topological polar surface area (TPSA) is 70.7 Å². The Morgan fingerprint density at radius 1 is 1.16 bits per heavy atom. The summed E-state index contributed by atoms with van der Waals surface area (Å²) in [5, 5.41) is 5.24. The third kappa shape index (κ3) is 6.80.